The minimum absolute atomic E-state index is 0.0279. The van der Waals surface area contributed by atoms with Crippen molar-refractivity contribution >= 4 is 0 Å². The molecule has 2 rings (SSSR count). The number of nitrogens with two attached hydrogens (primary N) is 1. The van der Waals surface area contributed by atoms with Crippen LogP contribution in [-0.4, -0.2) is 10.1 Å². The van der Waals surface area contributed by atoms with Crippen LogP contribution in [0.2, 0.25) is 0 Å². The quantitative estimate of drug-likeness (QED) is 0.913. The van der Waals surface area contributed by atoms with Crippen molar-refractivity contribution in [3.63, 3.8) is 0 Å². The van der Waals surface area contributed by atoms with Crippen LogP contribution in [0.5, 0.6) is 0 Å². The van der Waals surface area contributed by atoms with Crippen molar-refractivity contribution in [2.75, 3.05) is 0 Å². The summed E-state index contributed by atoms with van der Waals surface area (Å²) in [5.41, 5.74) is 5.45. The highest BCUT2D eigenvalue weighted by molar-refractivity contribution is 5.58. The van der Waals surface area contributed by atoms with Gasteiger partial charge in [0.15, 0.2) is 0 Å². The lowest BCUT2D eigenvalue weighted by Gasteiger charge is -2.09. The Balaban J connectivity index is 2.58. The number of benzene rings is 1. The van der Waals surface area contributed by atoms with E-state index < -0.39 is 11.6 Å². The van der Waals surface area contributed by atoms with E-state index in [0.29, 0.717) is 5.56 Å². The predicted molar refractivity (Wildman–Crippen MR) is 61.6 cm³/mol. The Morgan fingerprint density at radius 2 is 2.06 bits per heavy atom. The normalized spacial score (nSPS) is 11.2. The fraction of sp³-hybridized carbons (Fsp3) is 0.333. The topological polar surface area (TPSA) is 64.9 Å². The summed E-state index contributed by atoms with van der Waals surface area (Å²) >= 11 is 0. The molecule has 2 N–H and O–H groups in total. The molecule has 0 saturated heterocycles. The van der Waals surface area contributed by atoms with Gasteiger partial charge in [0.2, 0.25) is 11.7 Å². The van der Waals surface area contributed by atoms with Gasteiger partial charge in [0, 0.05) is 0 Å². The highest BCUT2D eigenvalue weighted by atomic mass is 19.1. The van der Waals surface area contributed by atoms with Gasteiger partial charge in [0.1, 0.15) is 11.6 Å². The molecule has 0 spiro atoms. The van der Waals surface area contributed by atoms with E-state index in [2.05, 4.69) is 10.1 Å². The number of aromatic nitrogens is 2. The first kappa shape index (κ1) is 12.6. The van der Waals surface area contributed by atoms with Crippen molar-refractivity contribution in [3.8, 4) is 11.4 Å². The van der Waals surface area contributed by atoms with Crippen LogP contribution in [0.4, 0.5) is 8.78 Å². The molecule has 6 heteroatoms. The molecule has 0 aliphatic rings. The molecule has 18 heavy (non-hydrogen) atoms. The Hall–Kier alpha value is -1.82. The molecule has 0 unspecified atom stereocenters. The first-order valence-electron chi connectivity index (χ1n) is 5.55. The van der Waals surface area contributed by atoms with Gasteiger partial charge in [-0.25, -0.2) is 8.78 Å². The van der Waals surface area contributed by atoms with Crippen molar-refractivity contribution in [1.82, 2.24) is 10.1 Å². The fourth-order valence-electron chi connectivity index (χ4n) is 1.66. The molecule has 2 aromatic rings. The van der Waals surface area contributed by atoms with Crippen LogP contribution >= 0.6 is 0 Å². The lowest BCUT2D eigenvalue weighted by molar-refractivity contribution is 0.380. The minimum Gasteiger partial charge on any atom is -0.338 e. The zero-order valence-corrected chi connectivity index (χ0v) is 10.1. The zero-order chi connectivity index (χ0) is 13.3. The van der Waals surface area contributed by atoms with Gasteiger partial charge >= 0.3 is 0 Å². The van der Waals surface area contributed by atoms with Gasteiger partial charge in [0.05, 0.1) is 12.1 Å². The van der Waals surface area contributed by atoms with Crippen molar-refractivity contribution in [2.45, 2.75) is 26.3 Å². The Labute approximate surface area is 103 Å². The molecule has 1 aromatic carbocycles. The third-order valence-corrected chi connectivity index (χ3v) is 2.61. The lowest BCUT2D eigenvalue weighted by Crippen LogP contribution is -2.00. The summed E-state index contributed by atoms with van der Waals surface area (Å²) in [5.74, 6) is -1.42. The summed E-state index contributed by atoms with van der Waals surface area (Å²) in [6, 6.07) is 2.62. The molecule has 0 aliphatic carbocycles. The maximum absolute atomic E-state index is 14.2. The van der Waals surface area contributed by atoms with Crippen LogP contribution in [0.3, 0.4) is 0 Å². The summed E-state index contributed by atoms with van der Waals surface area (Å²) in [7, 11) is 0. The lowest BCUT2D eigenvalue weighted by atomic mass is 9.99. The maximum atomic E-state index is 14.2. The molecular formula is C12H13F2N3O. The standard InChI is InChI=1S/C12H13F2N3O/c1-6(2)7-3-4-8(13)10(11(7)14)12-16-9(5-15)18-17-12/h3-4,6H,5,15H2,1-2H3. The van der Waals surface area contributed by atoms with Gasteiger partial charge in [-0.1, -0.05) is 25.1 Å². The van der Waals surface area contributed by atoms with Gasteiger partial charge in [-0.15, -0.1) is 0 Å². The summed E-state index contributed by atoms with van der Waals surface area (Å²) in [6.07, 6.45) is 0. The second-order valence-corrected chi connectivity index (χ2v) is 4.20. The molecule has 0 bridgehead atoms. The fourth-order valence-corrected chi connectivity index (χ4v) is 1.66. The molecule has 0 atom stereocenters. The van der Waals surface area contributed by atoms with Crippen LogP contribution in [-0.2, 0) is 6.54 Å². The molecule has 96 valence electrons. The second kappa shape index (κ2) is 4.81. The number of nitrogens with zero attached hydrogens (tertiary/aromatic N) is 2. The molecule has 1 aromatic heterocycles. The Morgan fingerprint density at radius 3 is 2.61 bits per heavy atom. The molecule has 0 radical (unpaired) electrons. The Kier molecular flexibility index (Phi) is 3.38. The van der Waals surface area contributed by atoms with Crippen molar-refractivity contribution in [2.24, 2.45) is 5.73 Å². The molecule has 0 aliphatic heterocycles. The molecule has 1 heterocycles. The molecule has 0 amide bonds. The van der Waals surface area contributed by atoms with E-state index in [1.165, 1.54) is 12.1 Å². The Bertz CT molecular complexity index is 566. The number of hydrogen-bond donors (Lipinski definition) is 1. The SMILES string of the molecule is CC(C)c1ccc(F)c(-c2noc(CN)n2)c1F. The van der Waals surface area contributed by atoms with Gasteiger partial charge in [-0.2, -0.15) is 4.98 Å². The maximum Gasteiger partial charge on any atom is 0.240 e. The monoisotopic (exact) mass is 253 g/mol. The zero-order valence-electron chi connectivity index (χ0n) is 10.1. The third kappa shape index (κ3) is 2.11. The molecule has 0 saturated carbocycles. The van der Waals surface area contributed by atoms with Crippen molar-refractivity contribution < 1.29 is 13.3 Å². The first-order chi connectivity index (χ1) is 8.54. The molecule has 0 fully saturated rings. The average Bonchev–Trinajstić information content (AvgIpc) is 2.77. The van der Waals surface area contributed by atoms with E-state index in [0.717, 1.165) is 0 Å². The van der Waals surface area contributed by atoms with E-state index in [4.69, 9.17) is 10.3 Å². The summed E-state index contributed by atoms with van der Waals surface area (Å²) in [6.45, 7) is 3.67. The molecular weight excluding hydrogens is 240 g/mol. The van der Waals surface area contributed by atoms with E-state index in [1.807, 2.05) is 13.8 Å². The minimum atomic E-state index is -0.721. The van der Waals surface area contributed by atoms with Gasteiger partial charge in [-0.05, 0) is 17.5 Å². The Morgan fingerprint density at radius 1 is 1.33 bits per heavy atom. The van der Waals surface area contributed by atoms with E-state index in [-0.39, 0.29) is 29.7 Å². The third-order valence-electron chi connectivity index (χ3n) is 2.61. The average molecular weight is 253 g/mol. The number of hydrogen-bond acceptors (Lipinski definition) is 4. The summed E-state index contributed by atoms with van der Waals surface area (Å²) < 4.78 is 32.6. The van der Waals surface area contributed by atoms with Gasteiger partial charge in [-0.3, -0.25) is 0 Å². The second-order valence-electron chi connectivity index (χ2n) is 4.20. The van der Waals surface area contributed by atoms with Crippen LogP contribution in [0.25, 0.3) is 11.4 Å². The van der Waals surface area contributed by atoms with Crippen molar-refractivity contribution in [1.29, 1.82) is 0 Å². The molecule has 4 nitrogen and oxygen atoms in total. The van der Waals surface area contributed by atoms with Gasteiger partial charge < -0.3 is 10.3 Å². The van der Waals surface area contributed by atoms with Crippen molar-refractivity contribution in [3.05, 3.63) is 35.2 Å². The van der Waals surface area contributed by atoms with Crippen LogP contribution in [0.15, 0.2) is 16.7 Å². The van der Waals surface area contributed by atoms with E-state index >= 15 is 0 Å². The van der Waals surface area contributed by atoms with Gasteiger partial charge in [0.25, 0.3) is 0 Å². The summed E-state index contributed by atoms with van der Waals surface area (Å²) in [4.78, 5) is 3.84. The smallest absolute Gasteiger partial charge is 0.240 e. The first-order valence-corrected chi connectivity index (χ1v) is 5.55. The van der Waals surface area contributed by atoms with Crippen LogP contribution in [0, 0.1) is 11.6 Å². The van der Waals surface area contributed by atoms with Crippen LogP contribution < -0.4 is 5.73 Å². The van der Waals surface area contributed by atoms with E-state index in [1.54, 1.807) is 0 Å². The summed E-state index contributed by atoms with van der Waals surface area (Å²) in [5, 5.41) is 3.53. The highest BCUT2D eigenvalue weighted by Gasteiger charge is 2.21. The predicted octanol–water partition coefficient (Wildman–Crippen LogP) is 2.60. The highest BCUT2D eigenvalue weighted by Crippen LogP contribution is 2.29. The van der Waals surface area contributed by atoms with Crippen LogP contribution in [0.1, 0.15) is 31.2 Å². The largest absolute Gasteiger partial charge is 0.338 e. The number of rotatable bonds is 3. The number of halogens is 2. The van der Waals surface area contributed by atoms with E-state index in [9.17, 15) is 8.78 Å².